The molecule has 0 saturated carbocycles. The molecule has 3 nitrogen and oxygen atoms in total. The first-order valence-corrected chi connectivity index (χ1v) is 10.4. The van der Waals surface area contributed by atoms with Crippen molar-refractivity contribution in [2.45, 2.75) is 32.1 Å². The lowest BCUT2D eigenvalue weighted by Gasteiger charge is -2.28. The molecule has 2 aliphatic rings. The first kappa shape index (κ1) is 18.3. The molecule has 1 spiro atoms. The fourth-order valence-corrected chi connectivity index (χ4v) is 5.25. The van der Waals surface area contributed by atoms with E-state index in [0.29, 0.717) is 5.69 Å². The average molecular weight is 387 g/mol. The number of fused-ring (bicyclic) bond motifs is 2. The maximum atomic E-state index is 9.52. The summed E-state index contributed by atoms with van der Waals surface area (Å²) in [6, 6.07) is 22.9. The smallest absolute Gasteiger partial charge is 0.205 e. The highest BCUT2D eigenvalue weighted by Gasteiger charge is 2.44. The van der Waals surface area contributed by atoms with E-state index in [0.717, 1.165) is 54.5 Å². The van der Waals surface area contributed by atoms with Crippen molar-refractivity contribution in [3.8, 4) is 17.3 Å². The highest BCUT2D eigenvalue weighted by Crippen LogP contribution is 2.47. The summed E-state index contributed by atoms with van der Waals surface area (Å²) in [5.41, 5.74) is 8.75. The zero-order valence-corrected chi connectivity index (χ0v) is 16.7. The van der Waals surface area contributed by atoms with E-state index in [2.05, 4.69) is 58.5 Å². The molecule has 144 valence electrons. The van der Waals surface area contributed by atoms with Crippen molar-refractivity contribution >= 4 is 11.4 Å². The zero-order chi connectivity index (χ0) is 20.6. The molecule has 0 fully saturated rings. The van der Waals surface area contributed by atoms with Crippen LogP contribution in [-0.2, 0) is 19.3 Å². The van der Waals surface area contributed by atoms with Crippen molar-refractivity contribution in [3.05, 3.63) is 100 Å². The van der Waals surface area contributed by atoms with Crippen LogP contribution in [0.25, 0.3) is 16.0 Å². The predicted molar refractivity (Wildman–Crippen MR) is 120 cm³/mol. The average Bonchev–Trinajstić information content (AvgIpc) is 2.94. The standard InChI is InChI=1S/C27H21N3/c1-29-24-10-4-8-20(14-24)21-11-12-23-17-27(26(30-18-28)25(23)15-21)13-5-9-19-6-2-3-7-22(19)16-27/h2-4,6-8,10-12,14-15H,5,9,13,16-17H2/b30-26-. The van der Waals surface area contributed by atoms with Crippen LogP contribution in [0.4, 0.5) is 5.69 Å². The van der Waals surface area contributed by atoms with E-state index in [1.807, 2.05) is 24.3 Å². The van der Waals surface area contributed by atoms with Crippen molar-refractivity contribution in [1.82, 2.24) is 0 Å². The van der Waals surface area contributed by atoms with Crippen LogP contribution in [0.2, 0.25) is 0 Å². The van der Waals surface area contributed by atoms with Gasteiger partial charge in [0.25, 0.3) is 0 Å². The van der Waals surface area contributed by atoms with Gasteiger partial charge >= 0.3 is 0 Å². The topological polar surface area (TPSA) is 40.5 Å². The molecule has 30 heavy (non-hydrogen) atoms. The Hall–Kier alpha value is -3.69. The molecule has 0 amide bonds. The maximum absolute atomic E-state index is 9.52. The van der Waals surface area contributed by atoms with Gasteiger partial charge in [0.1, 0.15) is 0 Å². The Morgan fingerprint density at radius 2 is 1.70 bits per heavy atom. The lowest BCUT2D eigenvalue weighted by Crippen LogP contribution is -2.30. The third-order valence-electron chi connectivity index (χ3n) is 6.62. The van der Waals surface area contributed by atoms with Gasteiger partial charge in [0.2, 0.25) is 6.19 Å². The van der Waals surface area contributed by atoms with Crippen molar-refractivity contribution in [1.29, 1.82) is 5.26 Å². The fourth-order valence-electron chi connectivity index (χ4n) is 5.25. The van der Waals surface area contributed by atoms with E-state index >= 15 is 0 Å². The minimum Gasteiger partial charge on any atom is -0.238 e. The molecule has 1 unspecified atom stereocenters. The van der Waals surface area contributed by atoms with Crippen LogP contribution in [0, 0.1) is 23.4 Å². The third-order valence-corrected chi connectivity index (χ3v) is 6.62. The van der Waals surface area contributed by atoms with E-state index in [1.165, 1.54) is 16.7 Å². The second-order valence-corrected chi connectivity index (χ2v) is 8.35. The van der Waals surface area contributed by atoms with Crippen molar-refractivity contribution < 1.29 is 0 Å². The number of nitrogens with zero attached hydrogens (tertiary/aromatic N) is 3. The Balaban J connectivity index is 1.61. The monoisotopic (exact) mass is 387 g/mol. The summed E-state index contributed by atoms with van der Waals surface area (Å²) in [7, 11) is 0. The quantitative estimate of drug-likeness (QED) is 0.357. The van der Waals surface area contributed by atoms with Crippen LogP contribution < -0.4 is 0 Å². The van der Waals surface area contributed by atoms with Gasteiger partial charge in [-0.15, -0.1) is 0 Å². The normalized spacial score (nSPS) is 20.8. The minimum atomic E-state index is -0.109. The summed E-state index contributed by atoms with van der Waals surface area (Å²) in [6.07, 6.45) is 7.19. The maximum Gasteiger partial charge on any atom is 0.205 e. The second kappa shape index (κ2) is 7.29. The SMILES string of the molecule is [C-]#[N+]c1cccc(-c2ccc3c(c2)/C(=N/C#N)C2(CCCc4ccccc4C2)C3)c1. The van der Waals surface area contributed by atoms with Crippen LogP contribution in [0.3, 0.4) is 0 Å². The predicted octanol–water partition coefficient (Wildman–Crippen LogP) is 6.30. The van der Waals surface area contributed by atoms with Crippen LogP contribution in [0.1, 0.15) is 35.1 Å². The number of rotatable bonds is 1. The Bertz CT molecular complexity index is 1260. The van der Waals surface area contributed by atoms with Gasteiger partial charge in [0.05, 0.1) is 12.3 Å². The van der Waals surface area contributed by atoms with Crippen LogP contribution in [0.5, 0.6) is 0 Å². The van der Waals surface area contributed by atoms with Gasteiger partial charge in [-0.3, -0.25) is 0 Å². The molecular weight excluding hydrogens is 366 g/mol. The lowest BCUT2D eigenvalue weighted by atomic mass is 9.75. The number of hydrogen-bond acceptors (Lipinski definition) is 2. The summed E-state index contributed by atoms with van der Waals surface area (Å²) in [5.74, 6) is 0. The summed E-state index contributed by atoms with van der Waals surface area (Å²) in [4.78, 5) is 7.96. The van der Waals surface area contributed by atoms with Crippen molar-refractivity contribution in [2.24, 2.45) is 10.4 Å². The molecule has 1 atom stereocenters. The molecule has 3 aromatic rings. The summed E-state index contributed by atoms with van der Waals surface area (Å²) in [5, 5.41) is 9.52. The summed E-state index contributed by atoms with van der Waals surface area (Å²) in [6.45, 7) is 7.29. The Morgan fingerprint density at radius 1 is 0.900 bits per heavy atom. The Morgan fingerprint density at radius 3 is 2.53 bits per heavy atom. The number of benzene rings is 3. The van der Waals surface area contributed by atoms with Crippen LogP contribution in [-0.4, -0.2) is 5.71 Å². The Labute approximate surface area is 177 Å². The van der Waals surface area contributed by atoms with Gasteiger partial charge in [-0.2, -0.15) is 10.3 Å². The molecular formula is C27H21N3. The molecule has 3 aromatic carbocycles. The van der Waals surface area contributed by atoms with Gasteiger partial charge in [0, 0.05) is 11.0 Å². The minimum absolute atomic E-state index is 0.109. The molecule has 0 aliphatic heterocycles. The largest absolute Gasteiger partial charge is 0.238 e. The van der Waals surface area contributed by atoms with Crippen molar-refractivity contribution in [3.63, 3.8) is 0 Å². The molecule has 0 bridgehead atoms. The molecule has 2 aliphatic carbocycles. The first-order chi connectivity index (χ1) is 14.7. The first-order valence-electron chi connectivity index (χ1n) is 10.4. The zero-order valence-electron chi connectivity index (χ0n) is 16.7. The molecule has 0 aromatic heterocycles. The van der Waals surface area contributed by atoms with Crippen LogP contribution >= 0.6 is 0 Å². The lowest BCUT2D eigenvalue weighted by molar-refractivity contribution is 0.392. The molecule has 0 N–H and O–H groups in total. The number of aryl methyl sites for hydroxylation is 1. The van der Waals surface area contributed by atoms with E-state index in [1.54, 1.807) is 0 Å². The van der Waals surface area contributed by atoms with Gasteiger partial charge < -0.3 is 0 Å². The highest BCUT2D eigenvalue weighted by molar-refractivity contribution is 6.10. The summed E-state index contributed by atoms with van der Waals surface area (Å²) >= 11 is 0. The van der Waals surface area contributed by atoms with E-state index in [4.69, 9.17) is 6.57 Å². The Kier molecular flexibility index (Phi) is 4.46. The third kappa shape index (κ3) is 3.00. The van der Waals surface area contributed by atoms with Gasteiger partial charge in [-0.1, -0.05) is 54.6 Å². The molecule has 3 heteroatoms. The number of hydrogen-bond donors (Lipinski definition) is 0. The van der Waals surface area contributed by atoms with Gasteiger partial charge in [0.15, 0.2) is 5.69 Å². The highest BCUT2D eigenvalue weighted by atomic mass is 14.8. The van der Waals surface area contributed by atoms with Gasteiger partial charge in [-0.05, 0) is 72.1 Å². The molecule has 0 heterocycles. The van der Waals surface area contributed by atoms with Gasteiger partial charge in [-0.25, -0.2) is 4.85 Å². The summed E-state index contributed by atoms with van der Waals surface area (Å²) < 4.78 is 0. The molecule has 5 rings (SSSR count). The van der Waals surface area contributed by atoms with Crippen molar-refractivity contribution in [2.75, 3.05) is 0 Å². The number of nitriles is 1. The fraction of sp³-hybridized carbons (Fsp3) is 0.222. The van der Waals surface area contributed by atoms with Crippen LogP contribution in [0.15, 0.2) is 71.7 Å². The number of aliphatic imine (C=N–C) groups is 1. The molecule has 0 saturated heterocycles. The second-order valence-electron chi connectivity index (χ2n) is 8.35. The molecule has 0 radical (unpaired) electrons. The van der Waals surface area contributed by atoms with E-state index < -0.39 is 0 Å². The van der Waals surface area contributed by atoms with E-state index in [-0.39, 0.29) is 5.41 Å². The van der Waals surface area contributed by atoms with E-state index in [9.17, 15) is 5.26 Å².